The van der Waals surface area contributed by atoms with E-state index in [1.807, 2.05) is 0 Å². The molecule has 0 spiro atoms. The van der Waals surface area contributed by atoms with Crippen molar-refractivity contribution in [3.05, 3.63) is 23.2 Å². The van der Waals surface area contributed by atoms with Crippen LogP contribution >= 0.6 is 11.6 Å². The fraction of sp³-hybridized carbons (Fsp3) is 0.500. The first-order valence-electron chi connectivity index (χ1n) is 6.60. The second-order valence-electron chi connectivity index (χ2n) is 6.18. The number of hydrogen-bond donors (Lipinski definition) is 1. The van der Waals surface area contributed by atoms with Gasteiger partial charge in [0, 0.05) is 22.8 Å². The molecule has 5 nitrogen and oxygen atoms in total. The van der Waals surface area contributed by atoms with Crippen molar-refractivity contribution in [1.82, 2.24) is 20.2 Å². The average Bonchev–Trinajstić information content (AvgIpc) is 2.79. The number of tetrazole rings is 1. The summed E-state index contributed by atoms with van der Waals surface area (Å²) in [5, 5.41) is 12.5. The Morgan fingerprint density at radius 2 is 2.05 bits per heavy atom. The van der Waals surface area contributed by atoms with Gasteiger partial charge in [0.1, 0.15) is 0 Å². The summed E-state index contributed by atoms with van der Waals surface area (Å²) < 4.78 is 1.79. The average molecular weight is 294 g/mol. The molecule has 1 aromatic carbocycles. The van der Waals surface area contributed by atoms with E-state index in [0.717, 1.165) is 12.1 Å². The van der Waals surface area contributed by atoms with Crippen molar-refractivity contribution < 1.29 is 0 Å². The van der Waals surface area contributed by atoms with Crippen LogP contribution in [0.3, 0.4) is 0 Å². The number of nitrogens with two attached hydrogens (primary N) is 1. The van der Waals surface area contributed by atoms with Crippen molar-refractivity contribution in [3.63, 3.8) is 0 Å². The van der Waals surface area contributed by atoms with E-state index in [4.69, 9.17) is 17.3 Å². The first-order chi connectivity index (χ1) is 9.29. The number of rotatable bonds is 3. The maximum Gasteiger partial charge on any atom is 0.184 e. The van der Waals surface area contributed by atoms with E-state index in [1.54, 1.807) is 22.9 Å². The van der Waals surface area contributed by atoms with Crippen LogP contribution in [0.2, 0.25) is 5.02 Å². The van der Waals surface area contributed by atoms with Gasteiger partial charge in [-0.2, -0.15) is 0 Å². The summed E-state index contributed by atoms with van der Waals surface area (Å²) in [6.07, 6.45) is 0. The third-order valence-electron chi connectivity index (χ3n) is 3.71. The van der Waals surface area contributed by atoms with Gasteiger partial charge in [-0.15, -0.1) is 5.10 Å². The highest BCUT2D eigenvalue weighted by Gasteiger charge is 2.23. The lowest BCUT2D eigenvalue weighted by Gasteiger charge is -2.27. The lowest BCUT2D eigenvalue weighted by molar-refractivity contribution is 0.225. The fourth-order valence-electron chi connectivity index (χ4n) is 1.78. The Labute approximate surface area is 124 Å². The highest BCUT2D eigenvalue weighted by atomic mass is 35.5. The van der Waals surface area contributed by atoms with Crippen LogP contribution in [0, 0.1) is 11.3 Å². The topological polar surface area (TPSA) is 69.6 Å². The molecule has 20 heavy (non-hydrogen) atoms. The first kappa shape index (κ1) is 14.8. The summed E-state index contributed by atoms with van der Waals surface area (Å²) >= 11 is 6.03. The Bertz CT molecular complexity index is 600. The second-order valence-corrected chi connectivity index (χ2v) is 6.62. The zero-order valence-electron chi connectivity index (χ0n) is 12.3. The van der Waals surface area contributed by atoms with Crippen LogP contribution < -0.4 is 5.73 Å². The predicted molar refractivity (Wildman–Crippen MR) is 81.3 cm³/mol. The summed E-state index contributed by atoms with van der Waals surface area (Å²) in [7, 11) is 0. The summed E-state index contributed by atoms with van der Waals surface area (Å²) in [5.74, 6) is 1.08. The van der Waals surface area contributed by atoms with Gasteiger partial charge in [-0.25, -0.2) is 4.68 Å². The van der Waals surface area contributed by atoms with Gasteiger partial charge in [0.15, 0.2) is 5.82 Å². The third kappa shape index (κ3) is 3.10. The smallest absolute Gasteiger partial charge is 0.184 e. The molecule has 2 aromatic rings. The molecule has 0 amide bonds. The van der Waals surface area contributed by atoms with E-state index in [9.17, 15) is 0 Å². The number of hydrogen-bond acceptors (Lipinski definition) is 4. The van der Waals surface area contributed by atoms with Gasteiger partial charge in [-0.05, 0) is 40.0 Å². The molecule has 0 aliphatic carbocycles. The van der Waals surface area contributed by atoms with E-state index in [-0.39, 0.29) is 5.41 Å². The quantitative estimate of drug-likeness (QED) is 0.882. The van der Waals surface area contributed by atoms with Crippen molar-refractivity contribution in [2.75, 3.05) is 5.73 Å². The Hall–Kier alpha value is -1.62. The maximum absolute atomic E-state index is 6.03. The number of anilines is 1. The molecule has 0 saturated heterocycles. The molecule has 1 heterocycles. The highest BCUT2D eigenvalue weighted by molar-refractivity contribution is 6.31. The van der Waals surface area contributed by atoms with Crippen LogP contribution in [0.25, 0.3) is 11.4 Å². The Kier molecular flexibility index (Phi) is 3.99. The molecule has 0 aliphatic heterocycles. The first-order valence-corrected chi connectivity index (χ1v) is 6.98. The number of nitrogens with zero attached hydrogens (tertiary/aromatic N) is 4. The molecule has 0 aliphatic rings. The molecule has 1 unspecified atom stereocenters. The molecule has 2 N–H and O–H groups in total. The van der Waals surface area contributed by atoms with E-state index < -0.39 is 0 Å². The zero-order chi connectivity index (χ0) is 14.9. The summed E-state index contributed by atoms with van der Waals surface area (Å²) in [6, 6.07) is 5.32. The van der Waals surface area contributed by atoms with Gasteiger partial charge in [0.2, 0.25) is 0 Å². The predicted octanol–water partition coefficient (Wildman–Crippen LogP) is 3.26. The van der Waals surface area contributed by atoms with Crippen LogP contribution in [0.5, 0.6) is 0 Å². The van der Waals surface area contributed by atoms with Gasteiger partial charge in [-0.1, -0.05) is 39.3 Å². The monoisotopic (exact) mass is 293 g/mol. The molecule has 1 atom stereocenters. The van der Waals surface area contributed by atoms with Crippen LogP contribution in [0.4, 0.5) is 5.69 Å². The SMILES string of the molecule is CC(Cn1nnnc1-c1cc(Cl)ccc1N)C(C)(C)C. The van der Waals surface area contributed by atoms with E-state index >= 15 is 0 Å². The van der Waals surface area contributed by atoms with Gasteiger partial charge in [0.25, 0.3) is 0 Å². The highest BCUT2D eigenvalue weighted by Crippen LogP contribution is 2.30. The van der Waals surface area contributed by atoms with Crippen molar-refractivity contribution in [2.45, 2.75) is 34.2 Å². The minimum absolute atomic E-state index is 0.184. The zero-order valence-corrected chi connectivity index (χ0v) is 13.0. The van der Waals surface area contributed by atoms with Crippen LogP contribution in [0.15, 0.2) is 18.2 Å². The standard InChI is InChI=1S/C14H20ClN5/c1-9(14(2,3)4)8-20-13(17-18-19-20)11-7-10(15)5-6-12(11)16/h5-7,9H,8,16H2,1-4H3. The molecule has 108 valence electrons. The lowest BCUT2D eigenvalue weighted by Crippen LogP contribution is -2.23. The fourth-order valence-corrected chi connectivity index (χ4v) is 1.95. The molecule has 0 fully saturated rings. The van der Waals surface area contributed by atoms with Crippen molar-refractivity contribution in [2.24, 2.45) is 11.3 Å². The minimum atomic E-state index is 0.184. The molecule has 0 saturated carbocycles. The summed E-state index contributed by atoms with van der Waals surface area (Å²) in [4.78, 5) is 0. The third-order valence-corrected chi connectivity index (χ3v) is 3.95. The maximum atomic E-state index is 6.03. The van der Waals surface area contributed by atoms with Gasteiger partial charge in [0.05, 0.1) is 0 Å². The number of nitrogen functional groups attached to an aromatic ring is 1. The van der Waals surface area contributed by atoms with Gasteiger partial charge in [-0.3, -0.25) is 0 Å². The van der Waals surface area contributed by atoms with Crippen molar-refractivity contribution in [1.29, 1.82) is 0 Å². The normalized spacial score (nSPS) is 13.4. The van der Waals surface area contributed by atoms with Crippen LogP contribution in [-0.2, 0) is 6.54 Å². The van der Waals surface area contributed by atoms with Crippen molar-refractivity contribution in [3.8, 4) is 11.4 Å². The Morgan fingerprint density at radius 3 is 2.70 bits per heavy atom. The molecule has 6 heteroatoms. The van der Waals surface area contributed by atoms with Crippen molar-refractivity contribution >= 4 is 17.3 Å². The summed E-state index contributed by atoms with van der Waals surface area (Å²) in [5.41, 5.74) is 7.57. The number of benzene rings is 1. The van der Waals surface area contributed by atoms with E-state index in [1.165, 1.54) is 0 Å². The minimum Gasteiger partial charge on any atom is -0.398 e. The van der Waals surface area contributed by atoms with Crippen LogP contribution in [-0.4, -0.2) is 20.2 Å². The molecular formula is C14H20ClN5. The summed E-state index contributed by atoms with van der Waals surface area (Å²) in [6.45, 7) is 9.53. The Balaban J connectivity index is 2.36. The molecule has 2 rings (SSSR count). The number of aromatic nitrogens is 4. The van der Waals surface area contributed by atoms with Crippen LogP contribution in [0.1, 0.15) is 27.7 Å². The molecule has 1 aromatic heterocycles. The Morgan fingerprint density at radius 1 is 1.35 bits per heavy atom. The lowest BCUT2D eigenvalue weighted by atomic mass is 9.82. The molecule has 0 bridgehead atoms. The molecule has 0 radical (unpaired) electrons. The van der Waals surface area contributed by atoms with E-state index in [0.29, 0.717) is 22.5 Å². The largest absolute Gasteiger partial charge is 0.398 e. The van der Waals surface area contributed by atoms with Gasteiger partial charge >= 0.3 is 0 Å². The van der Waals surface area contributed by atoms with E-state index in [2.05, 4.69) is 43.2 Å². The second kappa shape index (κ2) is 5.40. The number of halogens is 1. The molecular weight excluding hydrogens is 274 g/mol. The van der Waals surface area contributed by atoms with Gasteiger partial charge < -0.3 is 5.73 Å².